The molecule has 20 heavy (non-hydrogen) atoms. The molecule has 2 aromatic heterocycles. The minimum atomic E-state index is 0.613. The Morgan fingerprint density at radius 2 is 2.20 bits per heavy atom. The van der Waals surface area contributed by atoms with Crippen LogP contribution in [0.4, 0.5) is 5.82 Å². The fourth-order valence-corrected chi connectivity index (χ4v) is 2.33. The second kappa shape index (κ2) is 6.09. The Balaban J connectivity index is 1.76. The maximum atomic E-state index is 5.48. The molecule has 3 rings (SSSR count). The molecule has 1 aliphatic rings. The minimum Gasteiger partial charge on any atom is -0.467 e. The summed E-state index contributed by atoms with van der Waals surface area (Å²) >= 11 is 0. The molecule has 1 N–H and O–H groups in total. The molecule has 1 aliphatic carbocycles. The molecule has 106 valence electrons. The van der Waals surface area contributed by atoms with Crippen molar-refractivity contribution in [1.82, 2.24) is 10.3 Å². The van der Waals surface area contributed by atoms with Crippen molar-refractivity contribution in [3.8, 4) is 0 Å². The molecule has 0 aliphatic heterocycles. The Hall–Kier alpha value is -1.81. The highest BCUT2D eigenvalue weighted by molar-refractivity contribution is 5.42. The first-order valence-electron chi connectivity index (χ1n) is 7.32. The SMILES string of the molecule is CCNCc1cccc(N(Cc2ccco2)C2CC2)n1. The number of hydrogen-bond donors (Lipinski definition) is 1. The van der Waals surface area contributed by atoms with Gasteiger partial charge in [0.25, 0.3) is 0 Å². The fraction of sp³-hybridized carbons (Fsp3) is 0.438. The first-order valence-corrected chi connectivity index (χ1v) is 7.32. The molecule has 0 atom stereocenters. The van der Waals surface area contributed by atoms with Crippen molar-refractivity contribution in [3.63, 3.8) is 0 Å². The molecular formula is C16H21N3O. The van der Waals surface area contributed by atoms with Crippen LogP contribution in [0.1, 0.15) is 31.2 Å². The van der Waals surface area contributed by atoms with E-state index in [0.717, 1.165) is 36.9 Å². The first-order chi connectivity index (χ1) is 9.86. The van der Waals surface area contributed by atoms with Gasteiger partial charge >= 0.3 is 0 Å². The van der Waals surface area contributed by atoms with Crippen molar-refractivity contribution in [2.75, 3.05) is 11.4 Å². The van der Waals surface area contributed by atoms with Gasteiger partial charge in [-0.15, -0.1) is 0 Å². The third-order valence-electron chi connectivity index (χ3n) is 3.54. The van der Waals surface area contributed by atoms with Crippen LogP contribution in [0.2, 0.25) is 0 Å². The second-order valence-electron chi connectivity index (χ2n) is 5.21. The van der Waals surface area contributed by atoms with Crippen LogP contribution < -0.4 is 10.2 Å². The summed E-state index contributed by atoms with van der Waals surface area (Å²) in [6.45, 7) is 4.70. The molecule has 2 heterocycles. The quantitative estimate of drug-likeness (QED) is 0.840. The van der Waals surface area contributed by atoms with E-state index in [2.05, 4.69) is 35.3 Å². The van der Waals surface area contributed by atoms with Gasteiger partial charge in [0.1, 0.15) is 11.6 Å². The van der Waals surface area contributed by atoms with E-state index in [1.54, 1.807) is 6.26 Å². The van der Waals surface area contributed by atoms with E-state index in [4.69, 9.17) is 9.40 Å². The summed E-state index contributed by atoms with van der Waals surface area (Å²) in [6, 6.07) is 10.8. The first kappa shape index (κ1) is 13.2. The minimum absolute atomic E-state index is 0.613. The smallest absolute Gasteiger partial charge is 0.129 e. The Kier molecular flexibility index (Phi) is 4.02. The monoisotopic (exact) mass is 271 g/mol. The number of nitrogens with zero attached hydrogens (tertiary/aromatic N) is 2. The molecule has 0 aromatic carbocycles. The summed E-state index contributed by atoms with van der Waals surface area (Å²) in [5.74, 6) is 2.05. The van der Waals surface area contributed by atoms with Gasteiger partial charge < -0.3 is 14.6 Å². The number of aromatic nitrogens is 1. The summed E-state index contributed by atoms with van der Waals surface area (Å²) in [5.41, 5.74) is 1.09. The van der Waals surface area contributed by atoms with E-state index in [1.807, 2.05) is 12.1 Å². The van der Waals surface area contributed by atoms with Gasteiger partial charge in [-0.25, -0.2) is 4.98 Å². The molecule has 0 saturated heterocycles. The van der Waals surface area contributed by atoms with Crippen LogP contribution in [0.15, 0.2) is 41.0 Å². The van der Waals surface area contributed by atoms with Gasteiger partial charge in [0.15, 0.2) is 0 Å². The van der Waals surface area contributed by atoms with Gasteiger partial charge in [-0.1, -0.05) is 13.0 Å². The zero-order chi connectivity index (χ0) is 13.8. The third kappa shape index (κ3) is 3.20. The maximum absolute atomic E-state index is 5.48. The van der Waals surface area contributed by atoms with Crippen LogP contribution in [-0.2, 0) is 13.1 Å². The number of anilines is 1. The van der Waals surface area contributed by atoms with Crippen LogP contribution in [0.5, 0.6) is 0 Å². The Bertz CT molecular complexity index is 534. The number of nitrogens with one attached hydrogen (secondary N) is 1. The van der Waals surface area contributed by atoms with Gasteiger partial charge in [0.2, 0.25) is 0 Å². The Morgan fingerprint density at radius 3 is 2.90 bits per heavy atom. The zero-order valence-corrected chi connectivity index (χ0v) is 11.9. The lowest BCUT2D eigenvalue weighted by Gasteiger charge is -2.23. The van der Waals surface area contributed by atoms with Crippen molar-refractivity contribution in [2.24, 2.45) is 0 Å². The van der Waals surface area contributed by atoms with Gasteiger partial charge in [-0.3, -0.25) is 0 Å². The van der Waals surface area contributed by atoms with Crippen molar-refractivity contribution >= 4 is 5.82 Å². The summed E-state index contributed by atoms with van der Waals surface area (Å²) in [4.78, 5) is 7.13. The Labute approximate surface area is 119 Å². The number of hydrogen-bond acceptors (Lipinski definition) is 4. The lowest BCUT2D eigenvalue weighted by Crippen LogP contribution is -2.26. The summed E-state index contributed by atoms with van der Waals surface area (Å²) in [7, 11) is 0. The lowest BCUT2D eigenvalue weighted by molar-refractivity contribution is 0.500. The standard InChI is InChI=1S/C16H21N3O/c1-2-17-11-13-5-3-7-16(18-13)19(14-8-9-14)12-15-6-4-10-20-15/h3-7,10,14,17H,2,8-9,11-12H2,1H3. The van der Waals surface area contributed by atoms with Crippen molar-refractivity contribution in [1.29, 1.82) is 0 Å². The van der Waals surface area contributed by atoms with Crippen LogP contribution in [0.3, 0.4) is 0 Å². The van der Waals surface area contributed by atoms with Crippen molar-refractivity contribution in [3.05, 3.63) is 48.0 Å². The fourth-order valence-electron chi connectivity index (χ4n) is 2.33. The van der Waals surface area contributed by atoms with Gasteiger partial charge in [0.05, 0.1) is 18.5 Å². The van der Waals surface area contributed by atoms with E-state index in [9.17, 15) is 0 Å². The summed E-state index contributed by atoms with van der Waals surface area (Å²) in [5, 5.41) is 3.32. The third-order valence-corrected chi connectivity index (χ3v) is 3.54. The summed E-state index contributed by atoms with van der Waals surface area (Å²) in [6.07, 6.45) is 4.23. The van der Waals surface area contributed by atoms with Crippen LogP contribution in [-0.4, -0.2) is 17.6 Å². The molecule has 0 radical (unpaired) electrons. The van der Waals surface area contributed by atoms with Gasteiger partial charge in [-0.2, -0.15) is 0 Å². The number of furan rings is 1. The topological polar surface area (TPSA) is 41.3 Å². The zero-order valence-electron chi connectivity index (χ0n) is 11.9. The molecule has 0 unspecified atom stereocenters. The molecule has 1 fully saturated rings. The molecule has 0 amide bonds. The molecule has 2 aromatic rings. The van der Waals surface area contributed by atoms with Crippen LogP contribution >= 0.6 is 0 Å². The Morgan fingerprint density at radius 1 is 1.30 bits per heavy atom. The molecule has 1 saturated carbocycles. The summed E-state index contributed by atoms with van der Waals surface area (Å²) < 4.78 is 5.48. The average molecular weight is 271 g/mol. The predicted molar refractivity (Wildman–Crippen MR) is 79.5 cm³/mol. The van der Waals surface area contributed by atoms with Gasteiger partial charge in [0, 0.05) is 12.6 Å². The average Bonchev–Trinajstić information content (AvgIpc) is 3.19. The lowest BCUT2D eigenvalue weighted by atomic mass is 10.3. The van der Waals surface area contributed by atoms with E-state index in [-0.39, 0.29) is 0 Å². The van der Waals surface area contributed by atoms with E-state index < -0.39 is 0 Å². The molecule has 0 spiro atoms. The van der Waals surface area contributed by atoms with Crippen molar-refractivity contribution in [2.45, 2.75) is 38.9 Å². The number of pyridine rings is 1. The van der Waals surface area contributed by atoms with Crippen LogP contribution in [0.25, 0.3) is 0 Å². The van der Waals surface area contributed by atoms with E-state index >= 15 is 0 Å². The molecule has 0 bridgehead atoms. The normalized spacial score (nSPS) is 14.4. The molecular weight excluding hydrogens is 250 g/mol. The van der Waals surface area contributed by atoms with Crippen molar-refractivity contribution < 1.29 is 4.42 Å². The molecule has 4 heteroatoms. The second-order valence-corrected chi connectivity index (χ2v) is 5.21. The maximum Gasteiger partial charge on any atom is 0.129 e. The number of rotatable bonds is 7. The van der Waals surface area contributed by atoms with E-state index in [1.165, 1.54) is 12.8 Å². The van der Waals surface area contributed by atoms with Gasteiger partial charge in [-0.05, 0) is 43.7 Å². The van der Waals surface area contributed by atoms with E-state index in [0.29, 0.717) is 6.04 Å². The highest BCUT2D eigenvalue weighted by Gasteiger charge is 2.30. The molecule has 4 nitrogen and oxygen atoms in total. The predicted octanol–water partition coefficient (Wildman–Crippen LogP) is 2.95. The van der Waals surface area contributed by atoms with Crippen LogP contribution in [0, 0.1) is 0 Å². The highest BCUT2D eigenvalue weighted by atomic mass is 16.3. The largest absolute Gasteiger partial charge is 0.467 e. The highest BCUT2D eigenvalue weighted by Crippen LogP contribution is 2.32.